The Hall–Kier alpha value is -1.46. The summed E-state index contributed by atoms with van der Waals surface area (Å²) in [4.78, 5) is 13.4. The molecule has 1 atom stereocenters. The Balaban J connectivity index is 1.94. The van der Waals surface area contributed by atoms with Crippen LogP contribution in [0.5, 0.6) is 0 Å². The van der Waals surface area contributed by atoms with Gasteiger partial charge in [0.1, 0.15) is 0 Å². The molecule has 1 N–H and O–H groups in total. The first-order valence-corrected chi connectivity index (χ1v) is 9.34. The van der Waals surface area contributed by atoms with E-state index in [0.717, 1.165) is 28.9 Å². The largest absolute Gasteiger partial charge is 0.344 e. The average molecular weight is 367 g/mol. The number of aryl methyl sites for hydroxylation is 2. The fourth-order valence-electron chi connectivity index (χ4n) is 2.26. The van der Waals surface area contributed by atoms with Crippen LogP contribution >= 0.6 is 23.4 Å². The van der Waals surface area contributed by atoms with Crippen LogP contribution < -0.4 is 5.32 Å². The molecule has 0 aliphatic heterocycles. The van der Waals surface area contributed by atoms with E-state index in [1.165, 1.54) is 4.90 Å². The van der Waals surface area contributed by atoms with Crippen molar-refractivity contribution in [1.82, 2.24) is 5.16 Å². The van der Waals surface area contributed by atoms with Crippen molar-refractivity contribution in [2.75, 3.05) is 5.32 Å². The van der Waals surface area contributed by atoms with Crippen molar-refractivity contribution in [3.63, 3.8) is 0 Å². The first-order valence-electron chi connectivity index (χ1n) is 8.08. The second-order valence-corrected chi connectivity index (χ2v) is 7.74. The normalized spacial score (nSPS) is 12.2. The van der Waals surface area contributed by atoms with Crippen LogP contribution in [0.3, 0.4) is 0 Å². The van der Waals surface area contributed by atoms with Gasteiger partial charge in [0.2, 0.25) is 11.1 Å². The first kappa shape index (κ1) is 18.9. The molecule has 4 nitrogen and oxygen atoms in total. The highest BCUT2D eigenvalue weighted by Gasteiger charge is 2.13. The van der Waals surface area contributed by atoms with E-state index in [2.05, 4.69) is 36.5 Å². The standard InChI is InChI=1S/C18H23ClN2O2S/c1-5-12(3)24-14-6-8-16(11(2)10-14)20-17(22)9-7-15-13(4)21-23-18(15)19/h6,8,10,12H,5,7,9H2,1-4H3,(H,20,22). The summed E-state index contributed by atoms with van der Waals surface area (Å²) in [5.74, 6) is -0.0444. The molecule has 1 heterocycles. The molecule has 0 fully saturated rings. The number of rotatable bonds is 7. The summed E-state index contributed by atoms with van der Waals surface area (Å²) in [5, 5.41) is 7.61. The molecular formula is C18H23ClN2O2S. The molecule has 0 radical (unpaired) electrons. The third-order valence-electron chi connectivity index (χ3n) is 3.92. The molecule has 1 amide bonds. The maximum atomic E-state index is 12.2. The zero-order chi connectivity index (χ0) is 17.7. The molecule has 6 heteroatoms. The number of hydrogen-bond donors (Lipinski definition) is 1. The van der Waals surface area contributed by atoms with Gasteiger partial charge in [-0.05, 0) is 62.1 Å². The van der Waals surface area contributed by atoms with Crippen molar-refractivity contribution in [3.8, 4) is 0 Å². The number of carbonyl (C=O) groups is 1. The van der Waals surface area contributed by atoms with E-state index in [-0.39, 0.29) is 11.1 Å². The number of aromatic nitrogens is 1. The van der Waals surface area contributed by atoms with Crippen LogP contribution in [0.2, 0.25) is 5.22 Å². The number of amides is 1. The van der Waals surface area contributed by atoms with Crippen LogP contribution in [0.1, 0.15) is 43.5 Å². The number of nitrogens with one attached hydrogen (secondary N) is 1. The van der Waals surface area contributed by atoms with Gasteiger partial charge in [0, 0.05) is 27.8 Å². The van der Waals surface area contributed by atoms with Gasteiger partial charge in [0.15, 0.2) is 0 Å². The number of hydrogen-bond acceptors (Lipinski definition) is 4. The average Bonchev–Trinajstić information content (AvgIpc) is 2.86. The molecule has 130 valence electrons. The van der Waals surface area contributed by atoms with Gasteiger partial charge >= 0.3 is 0 Å². The van der Waals surface area contributed by atoms with Crippen molar-refractivity contribution < 1.29 is 9.32 Å². The maximum Gasteiger partial charge on any atom is 0.229 e. The van der Waals surface area contributed by atoms with Gasteiger partial charge in [-0.1, -0.05) is 19.0 Å². The molecule has 0 aliphatic rings. The summed E-state index contributed by atoms with van der Waals surface area (Å²) in [6.07, 6.45) is 1.98. The summed E-state index contributed by atoms with van der Waals surface area (Å²) in [6, 6.07) is 6.14. The summed E-state index contributed by atoms with van der Waals surface area (Å²) >= 11 is 7.77. The number of thioether (sulfide) groups is 1. The highest BCUT2D eigenvalue weighted by Crippen LogP contribution is 2.28. The minimum absolute atomic E-state index is 0.0444. The Bertz CT molecular complexity index is 696. The van der Waals surface area contributed by atoms with E-state index >= 15 is 0 Å². The Morgan fingerprint density at radius 2 is 2.17 bits per heavy atom. The molecule has 0 saturated carbocycles. The molecule has 2 aromatic rings. The molecule has 0 aliphatic carbocycles. The lowest BCUT2D eigenvalue weighted by molar-refractivity contribution is -0.116. The third-order valence-corrected chi connectivity index (χ3v) is 5.48. The molecule has 1 unspecified atom stereocenters. The van der Waals surface area contributed by atoms with Gasteiger partial charge in [-0.15, -0.1) is 11.8 Å². The van der Waals surface area contributed by atoms with Crippen molar-refractivity contribution >= 4 is 35.0 Å². The molecular weight excluding hydrogens is 344 g/mol. The second-order valence-electron chi connectivity index (χ2n) is 5.88. The van der Waals surface area contributed by atoms with Crippen molar-refractivity contribution in [3.05, 3.63) is 40.2 Å². The first-order chi connectivity index (χ1) is 11.4. The van der Waals surface area contributed by atoms with Crippen LogP contribution in [0, 0.1) is 13.8 Å². The lowest BCUT2D eigenvalue weighted by Gasteiger charge is -2.12. The summed E-state index contributed by atoms with van der Waals surface area (Å²) < 4.78 is 4.90. The molecule has 1 aromatic carbocycles. The maximum absolute atomic E-state index is 12.2. The topological polar surface area (TPSA) is 55.1 Å². The molecule has 0 spiro atoms. The van der Waals surface area contributed by atoms with Gasteiger partial charge in [0.05, 0.1) is 5.69 Å². The lowest BCUT2D eigenvalue weighted by Crippen LogP contribution is -2.13. The van der Waals surface area contributed by atoms with E-state index in [4.69, 9.17) is 16.1 Å². The summed E-state index contributed by atoms with van der Waals surface area (Å²) in [5.41, 5.74) is 3.44. The Labute approximate surface area is 152 Å². The zero-order valence-electron chi connectivity index (χ0n) is 14.5. The van der Waals surface area contributed by atoms with Crippen LogP contribution in [0.15, 0.2) is 27.6 Å². The Morgan fingerprint density at radius 1 is 1.42 bits per heavy atom. The lowest BCUT2D eigenvalue weighted by atomic mass is 10.1. The Morgan fingerprint density at radius 3 is 2.75 bits per heavy atom. The van der Waals surface area contributed by atoms with E-state index < -0.39 is 0 Å². The molecule has 24 heavy (non-hydrogen) atoms. The van der Waals surface area contributed by atoms with Crippen LogP contribution in [0.25, 0.3) is 0 Å². The zero-order valence-corrected chi connectivity index (χ0v) is 16.1. The van der Waals surface area contributed by atoms with Crippen molar-refractivity contribution in [1.29, 1.82) is 0 Å². The number of carbonyl (C=O) groups excluding carboxylic acids is 1. The van der Waals surface area contributed by atoms with Gasteiger partial charge in [-0.25, -0.2) is 0 Å². The van der Waals surface area contributed by atoms with Gasteiger partial charge < -0.3 is 9.84 Å². The highest BCUT2D eigenvalue weighted by atomic mass is 35.5. The van der Waals surface area contributed by atoms with E-state index in [9.17, 15) is 4.79 Å². The van der Waals surface area contributed by atoms with Crippen LogP contribution in [-0.4, -0.2) is 16.3 Å². The van der Waals surface area contributed by atoms with Gasteiger partial charge in [0.25, 0.3) is 0 Å². The fraction of sp³-hybridized carbons (Fsp3) is 0.444. The highest BCUT2D eigenvalue weighted by molar-refractivity contribution is 7.99. The number of anilines is 1. The third kappa shape index (κ3) is 5.02. The molecule has 2 rings (SSSR count). The minimum Gasteiger partial charge on any atom is -0.344 e. The number of halogens is 1. The van der Waals surface area contributed by atoms with Crippen molar-refractivity contribution in [2.24, 2.45) is 0 Å². The smallest absolute Gasteiger partial charge is 0.229 e. The van der Waals surface area contributed by atoms with Crippen molar-refractivity contribution in [2.45, 2.75) is 57.1 Å². The summed E-state index contributed by atoms with van der Waals surface area (Å²) in [7, 11) is 0. The number of benzene rings is 1. The van der Waals surface area contributed by atoms with E-state index in [1.807, 2.05) is 31.7 Å². The van der Waals surface area contributed by atoms with E-state index in [0.29, 0.717) is 18.1 Å². The quantitative estimate of drug-likeness (QED) is 0.666. The van der Waals surface area contributed by atoms with Crippen LogP contribution in [0.4, 0.5) is 5.69 Å². The predicted molar refractivity (Wildman–Crippen MR) is 100.0 cm³/mol. The molecule has 0 saturated heterocycles. The Kier molecular flexibility index (Phi) is 6.75. The van der Waals surface area contributed by atoms with Gasteiger partial charge in [-0.3, -0.25) is 4.79 Å². The van der Waals surface area contributed by atoms with Gasteiger partial charge in [-0.2, -0.15) is 0 Å². The summed E-state index contributed by atoms with van der Waals surface area (Å²) in [6.45, 7) is 8.23. The minimum atomic E-state index is -0.0444. The van der Waals surface area contributed by atoms with E-state index in [1.54, 1.807) is 0 Å². The second kappa shape index (κ2) is 8.58. The van der Waals surface area contributed by atoms with Crippen LogP contribution in [-0.2, 0) is 11.2 Å². The predicted octanol–water partition coefficient (Wildman–Crippen LogP) is 5.41. The fourth-order valence-corrected chi connectivity index (χ4v) is 3.55. The monoisotopic (exact) mass is 366 g/mol. The SMILES string of the molecule is CCC(C)Sc1ccc(NC(=O)CCc2c(C)noc2Cl)c(C)c1. The number of nitrogens with zero attached hydrogens (tertiary/aromatic N) is 1. The molecule has 0 bridgehead atoms. The molecule has 1 aromatic heterocycles.